The van der Waals surface area contributed by atoms with Crippen molar-refractivity contribution in [3.8, 4) is 5.75 Å². The molecule has 1 fully saturated rings. The molecule has 2 heterocycles. The first kappa shape index (κ1) is 12.7. The van der Waals surface area contributed by atoms with E-state index >= 15 is 0 Å². The van der Waals surface area contributed by atoms with Gasteiger partial charge in [0.15, 0.2) is 0 Å². The Morgan fingerprint density at radius 1 is 1.10 bits per heavy atom. The van der Waals surface area contributed by atoms with Gasteiger partial charge in [-0.15, -0.1) is 0 Å². The smallest absolute Gasteiger partial charge is 0.116 e. The average molecular weight is 281 g/mol. The number of benzene rings is 2. The molecule has 2 aromatic carbocycles. The lowest BCUT2D eigenvalue weighted by Crippen LogP contribution is -2.35. The normalized spacial score (nSPS) is 27.3. The third kappa shape index (κ3) is 2.18. The Hall–Kier alpha value is -2.00. The minimum atomic E-state index is 0.0762. The highest BCUT2D eigenvalue weighted by molar-refractivity contribution is 5.59. The molecule has 0 amide bonds. The lowest BCUT2D eigenvalue weighted by atomic mass is 9.77. The average Bonchev–Trinajstić information content (AvgIpc) is 2.55. The third-order valence-electron chi connectivity index (χ3n) is 4.61. The monoisotopic (exact) mass is 281 g/mol. The number of fused-ring (bicyclic) bond motifs is 3. The molecule has 0 radical (unpaired) electrons. The van der Waals surface area contributed by atoms with Crippen molar-refractivity contribution in [2.24, 2.45) is 5.92 Å². The predicted octanol–water partition coefficient (Wildman–Crippen LogP) is 4.03. The molecule has 3 atom stereocenters. The number of phenolic OH excluding ortho intramolecular Hbond substituents is 1. The number of anilines is 1. The summed E-state index contributed by atoms with van der Waals surface area (Å²) in [7, 11) is 0. The summed E-state index contributed by atoms with van der Waals surface area (Å²) in [6.45, 7) is 0.803. The highest BCUT2D eigenvalue weighted by Gasteiger charge is 2.39. The van der Waals surface area contributed by atoms with E-state index in [4.69, 9.17) is 4.74 Å². The molecular weight excluding hydrogens is 262 g/mol. The summed E-state index contributed by atoms with van der Waals surface area (Å²) in [5, 5.41) is 13.4. The summed E-state index contributed by atoms with van der Waals surface area (Å²) < 4.78 is 6.06. The second-order valence-corrected chi connectivity index (χ2v) is 5.90. The van der Waals surface area contributed by atoms with E-state index in [-0.39, 0.29) is 12.1 Å². The summed E-state index contributed by atoms with van der Waals surface area (Å²) in [6, 6.07) is 16.4. The van der Waals surface area contributed by atoms with Gasteiger partial charge in [-0.2, -0.15) is 0 Å². The largest absolute Gasteiger partial charge is 0.508 e. The molecule has 0 saturated carbocycles. The fourth-order valence-electron chi connectivity index (χ4n) is 3.65. The maximum Gasteiger partial charge on any atom is 0.116 e. The van der Waals surface area contributed by atoms with Gasteiger partial charge >= 0.3 is 0 Å². The highest BCUT2D eigenvalue weighted by Crippen LogP contribution is 2.49. The lowest BCUT2D eigenvalue weighted by molar-refractivity contribution is -0.0382. The predicted molar refractivity (Wildman–Crippen MR) is 82.3 cm³/mol. The van der Waals surface area contributed by atoms with Gasteiger partial charge in [-0.05, 0) is 36.6 Å². The van der Waals surface area contributed by atoms with Crippen LogP contribution in [0.1, 0.15) is 36.1 Å². The van der Waals surface area contributed by atoms with Crippen LogP contribution in [0, 0.1) is 5.92 Å². The summed E-state index contributed by atoms with van der Waals surface area (Å²) in [4.78, 5) is 0. The van der Waals surface area contributed by atoms with Gasteiger partial charge in [0, 0.05) is 23.8 Å². The van der Waals surface area contributed by atoms with Gasteiger partial charge < -0.3 is 15.2 Å². The van der Waals surface area contributed by atoms with Crippen LogP contribution >= 0.6 is 0 Å². The molecule has 3 unspecified atom stereocenters. The van der Waals surface area contributed by atoms with E-state index in [9.17, 15) is 5.11 Å². The SMILES string of the molecule is Oc1ccc2c(c1)C1OCCCC1C(c1ccccc1)N2. The van der Waals surface area contributed by atoms with Crippen LogP contribution in [0.25, 0.3) is 0 Å². The molecule has 4 rings (SSSR count). The summed E-state index contributed by atoms with van der Waals surface area (Å²) in [5.74, 6) is 0.720. The number of ether oxygens (including phenoxy) is 1. The van der Waals surface area contributed by atoms with E-state index in [2.05, 4.69) is 29.6 Å². The Kier molecular flexibility index (Phi) is 3.08. The van der Waals surface area contributed by atoms with Crippen molar-refractivity contribution in [1.29, 1.82) is 0 Å². The Balaban J connectivity index is 1.79. The van der Waals surface area contributed by atoms with Crippen molar-refractivity contribution in [1.82, 2.24) is 0 Å². The van der Waals surface area contributed by atoms with Crippen molar-refractivity contribution in [2.75, 3.05) is 11.9 Å². The molecule has 0 aromatic heterocycles. The molecule has 3 nitrogen and oxygen atoms in total. The van der Waals surface area contributed by atoms with E-state index in [1.165, 1.54) is 5.56 Å². The molecule has 2 N–H and O–H groups in total. The van der Waals surface area contributed by atoms with Crippen LogP contribution in [0.5, 0.6) is 5.75 Å². The van der Waals surface area contributed by atoms with Crippen LogP contribution in [0.2, 0.25) is 0 Å². The second-order valence-electron chi connectivity index (χ2n) is 5.90. The van der Waals surface area contributed by atoms with Crippen molar-refractivity contribution in [3.05, 3.63) is 59.7 Å². The van der Waals surface area contributed by atoms with Gasteiger partial charge in [0.25, 0.3) is 0 Å². The minimum absolute atomic E-state index is 0.0762. The van der Waals surface area contributed by atoms with Crippen LogP contribution in [-0.2, 0) is 4.74 Å². The second kappa shape index (κ2) is 5.08. The molecule has 0 bridgehead atoms. The molecule has 2 aliphatic rings. The van der Waals surface area contributed by atoms with E-state index in [1.807, 2.05) is 18.2 Å². The van der Waals surface area contributed by atoms with Gasteiger partial charge in [-0.1, -0.05) is 30.3 Å². The Labute approximate surface area is 124 Å². The minimum Gasteiger partial charge on any atom is -0.508 e. The Morgan fingerprint density at radius 3 is 2.81 bits per heavy atom. The van der Waals surface area contributed by atoms with E-state index in [1.54, 1.807) is 6.07 Å². The molecule has 0 spiro atoms. The van der Waals surface area contributed by atoms with Crippen molar-refractivity contribution >= 4 is 5.69 Å². The topological polar surface area (TPSA) is 41.5 Å². The van der Waals surface area contributed by atoms with Crippen molar-refractivity contribution < 1.29 is 9.84 Å². The van der Waals surface area contributed by atoms with E-state index in [0.29, 0.717) is 11.7 Å². The zero-order valence-corrected chi connectivity index (χ0v) is 11.8. The summed E-state index contributed by atoms with van der Waals surface area (Å²) in [5.41, 5.74) is 3.47. The third-order valence-corrected chi connectivity index (χ3v) is 4.61. The molecule has 2 aliphatic heterocycles. The van der Waals surface area contributed by atoms with Crippen molar-refractivity contribution in [2.45, 2.75) is 25.0 Å². The van der Waals surface area contributed by atoms with Gasteiger partial charge in [-0.25, -0.2) is 0 Å². The molecule has 0 aliphatic carbocycles. The first-order valence-electron chi connectivity index (χ1n) is 7.59. The van der Waals surface area contributed by atoms with Crippen LogP contribution in [0.3, 0.4) is 0 Å². The van der Waals surface area contributed by atoms with Crippen LogP contribution in [0.4, 0.5) is 5.69 Å². The summed E-state index contributed by atoms with van der Waals surface area (Å²) in [6.07, 6.45) is 2.32. The quantitative estimate of drug-likeness (QED) is 0.776. The Morgan fingerprint density at radius 2 is 1.95 bits per heavy atom. The number of phenols is 1. The molecule has 108 valence electrons. The standard InChI is InChI=1S/C18H19NO2/c20-13-8-9-16-15(11-13)18-14(7-4-10-21-18)17(19-16)12-5-2-1-3-6-12/h1-3,5-6,8-9,11,14,17-20H,4,7,10H2. The maximum absolute atomic E-state index is 9.78. The lowest BCUT2D eigenvalue weighted by Gasteiger charge is -2.43. The van der Waals surface area contributed by atoms with Gasteiger partial charge in [0.05, 0.1) is 12.1 Å². The number of hydrogen-bond acceptors (Lipinski definition) is 3. The molecule has 3 heteroatoms. The molecule has 2 aromatic rings. The van der Waals surface area contributed by atoms with Crippen LogP contribution < -0.4 is 5.32 Å². The Bertz CT molecular complexity index is 641. The molecule has 21 heavy (non-hydrogen) atoms. The maximum atomic E-state index is 9.78. The van der Waals surface area contributed by atoms with Gasteiger partial charge in [-0.3, -0.25) is 0 Å². The fourth-order valence-corrected chi connectivity index (χ4v) is 3.65. The van der Waals surface area contributed by atoms with Gasteiger partial charge in [0.2, 0.25) is 0 Å². The van der Waals surface area contributed by atoms with E-state index in [0.717, 1.165) is 30.7 Å². The zero-order chi connectivity index (χ0) is 14.2. The fraction of sp³-hybridized carbons (Fsp3) is 0.333. The highest BCUT2D eigenvalue weighted by atomic mass is 16.5. The molecular formula is C18H19NO2. The number of aromatic hydroxyl groups is 1. The van der Waals surface area contributed by atoms with Gasteiger partial charge in [0.1, 0.15) is 5.75 Å². The molecule has 1 saturated heterocycles. The number of nitrogens with one attached hydrogen (secondary N) is 1. The van der Waals surface area contributed by atoms with Crippen LogP contribution in [-0.4, -0.2) is 11.7 Å². The zero-order valence-electron chi connectivity index (χ0n) is 11.8. The van der Waals surface area contributed by atoms with E-state index < -0.39 is 0 Å². The first-order chi connectivity index (χ1) is 10.3. The number of rotatable bonds is 1. The summed E-state index contributed by atoms with van der Waals surface area (Å²) >= 11 is 0. The first-order valence-corrected chi connectivity index (χ1v) is 7.59. The van der Waals surface area contributed by atoms with Crippen molar-refractivity contribution in [3.63, 3.8) is 0 Å². The van der Waals surface area contributed by atoms with Crippen LogP contribution in [0.15, 0.2) is 48.5 Å². The number of hydrogen-bond donors (Lipinski definition) is 2.